The van der Waals surface area contributed by atoms with E-state index in [1.165, 1.54) is 35.6 Å². The van der Waals surface area contributed by atoms with E-state index < -0.39 is 0 Å². The third kappa shape index (κ3) is 2.70. The van der Waals surface area contributed by atoms with Crippen molar-refractivity contribution in [3.05, 3.63) is 34.0 Å². The van der Waals surface area contributed by atoms with Crippen LogP contribution in [0.15, 0.2) is 24.3 Å². The van der Waals surface area contributed by atoms with Gasteiger partial charge in [-0.1, -0.05) is 12.2 Å². The molecule has 0 radical (unpaired) electrons. The number of hydrogen-bond acceptors (Lipinski definition) is 2. The maximum atomic E-state index is 3.74. The molecule has 4 unspecified atom stereocenters. The van der Waals surface area contributed by atoms with E-state index in [0.717, 1.165) is 17.8 Å². The first kappa shape index (κ1) is 12.4. The molecule has 18 heavy (non-hydrogen) atoms. The van der Waals surface area contributed by atoms with Crippen LogP contribution in [0, 0.1) is 24.7 Å². The van der Waals surface area contributed by atoms with Gasteiger partial charge >= 0.3 is 0 Å². The van der Waals surface area contributed by atoms with Crippen LogP contribution < -0.4 is 5.32 Å². The Morgan fingerprint density at radius 1 is 1.33 bits per heavy atom. The van der Waals surface area contributed by atoms with Gasteiger partial charge in [-0.15, -0.1) is 11.3 Å². The van der Waals surface area contributed by atoms with E-state index in [-0.39, 0.29) is 0 Å². The Bertz CT molecular complexity index is 434. The van der Waals surface area contributed by atoms with Crippen LogP contribution in [0.3, 0.4) is 0 Å². The molecule has 0 aromatic carbocycles. The first-order valence-electron chi connectivity index (χ1n) is 7.17. The average Bonchev–Trinajstić information content (AvgIpc) is 3.03. The van der Waals surface area contributed by atoms with Crippen LogP contribution in [-0.2, 0) is 6.42 Å². The monoisotopic (exact) mass is 261 g/mol. The van der Waals surface area contributed by atoms with E-state index in [1.807, 2.05) is 11.3 Å². The molecular formula is C16H23NS. The SMILES string of the molecule is Cc1ccc(CC(C)NCC2CC3C=CC2C3)s1. The van der Waals surface area contributed by atoms with E-state index in [9.17, 15) is 0 Å². The average molecular weight is 261 g/mol. The van der Waals surface area contributed by atoms with Crippen molar-refractivity contribution in [2.75, 3.05) is 6.54 Å². The highest BCUT2D eigenvalue weighted by Gasteiger charge is 2.35. The van der Waals surface area contributed by atoms with Gasteiger partial charge in [0.15, 0.2) is 0 Å². The first-order chi connectivity index (χ1) is 8.70. The van der Waals surface area contributed by atoms with Gasteiger partial charge < -0.3 is 5.32 Å². The Balaban J connectivity index is 1.44. The summed E-state index contributed by atoms with van der Waals surface area (Å²) < 4.78 is 0. The summed E-state index contributed by atoms with van der Waals surface area (Å²) in [5.41, 5.74) is 0. The maximum absolute atomic E-state index is 3.74. The quantitative estimate of drug-likeness (QED) is 0.795. The van der Waals surface area contributed by atoms with Gasteiger partial charge in [-0.2, -0.15) is 0 Å². The normalized spacial score (nSPS) is 31.1. The van der Waals surface area contributed by atoms with Crippen LogP contribution in [0.2, 0.25) is 0 Å². The molecule has 4 atom stereocenters. The molecule has 0 spiro atoms. The van der Waals surface area contributed by atoms with Crippen molar-refractivity contribution in [1.82, 2.24) is 5.32 Å². The fraction of sp³-hybridized carbons (Fsp3) is 0.625. The van der Waals surface area contributed by atoms with Crippen molar-refractivity contribution in [2.24, 2.45) is 17.8 Å². The molecule has 1 nitrogen and oxygen atoms in total. The second kappa shape index (κ2) is 5.18. The molecule has 1 aromatic heterocycles. The van der Waals surface area contributed by atoms with E-state index in [0.29, 0.717) is 6.04 Å². The molecule has 2 heteroatoms. The fourth-order valence-corrected chi connectivity index (χ4v) is 4.47. The summed E-state index contributed by atoms with van der Waals surface area (Å²) in [4.78, 5) is 2.94. The minimum absolute atomic E-state index is 0.603. The van der Waals surface area contributed by atoms with Gasteiger partial charge in [-0.3, -0.25) is 0 Å². The highest BCUT2D eigenvalue weighted by atomic mass is 32.1. The van der Waals surface area contributed by atoms with Crippen LogP contribution in [0.4, 0.5) is 0 Å². The second-order valence-electron chi connectivity index (χ2n) is 6.07. The molecule has 1 aromatic rings. The van der Waals surface area contributed by atoms with Gasteiger partial charge in [0.05, 0.1) is 0 Å². The van der Waals surface area contributed by atoms with Crippen molar-refractivity contribution in [3.63, 3.8) is 0 Å². The third-order valence-corrected chi connectivity index (χ3v) is 5.47. The molecule has 1 heterocycles. The third-order valence-electron chi connectivity index (χ3n) is 4.45. The number of allylic oxidation sites excluding steroid dienone is 2. The molecule has 2 aliphatic rings. The Hall–Kier alpha value is -0.600. The molecule has 3 rings (SSSR count). The Labute approximate surface area is 114 Å². The first-order valence-corrected chi connectivity index (χ1v) is 7.99. The molecule has 1 N–H and O–H groups in total. The Morgan fingerprint density at radius 3 is 2.83 bits per heavy atom. The van der Waals surface area contributed by atoms with E-state index >= 15 is 0 Å². The van der Waals surface area contributed by atoms with E-state index in [1.54, 1.807) is 0 Å². The Kier molecular flexibility index (Phi) is 3.58. The van der Waals surface area contributed by atoms with Gasteiger partial charge in [-0.05, 0) is 69.5 Å². The molecule has 2 bridgehead atoms. The molecule has 0 saturated heterocycles. The van der Waals surface area contributed by atoms with Crippen LogP contribution in [-0.4, -0.2) is 12.6 Å². The Morgan fingerprint density at radius 2 is 2.22 bits per heavy atom. The predicted molar refractivity (Wildman–Crippen MR) is 79.1 cm³/mol. The van der Waals surface area contributed by atoms with Crippen molar-refractivity contribution in [3.8, 4) is 0 Å². The van der Waals surface area contributed by atoms with Crippen molar-refractivity contribution in [2.45, 2.75) is 39.2 Å². The minimum atomic E-state index is 0.603. The summed E-state index contributed by atoms with van der Waals surface area (Å²) in [6.45, 7) is 5.71. The summed E-state index contributed by atoms with van der Waals surface area (Å²) in [6, 6.07) is 5.11. The zero-order chi connectivity index (χ0) is 12.5. The standard InChI is InChI=1S/C16H23NS/c1-11(7-16-6-3-12(2)18-16)17-10-15-9-13-4-5-14(15)8-13/h3-6,11,13-15,17H,7-10H2,1-2H3. The van der Waals surface area contributed by atoms with Gasteiger partial charge in [0, 0.05) is 15.8 Å². The van der Waals surface area contributed by atoms with E-state index in [2.05, 4.69) is 43.4 Å². The van der Waals surface area contributed by atoms with Crippen molar-refractivity contribution < 1.29 is 0 Å². The van der Waals surface area contributed by atoms with Gasteiger partial charge in [0.1, 0.15) is 0 Å². The molecular weight excluding hydrogens is 238 g/mol. The topological polar surface area (TPSA) is 12.0 Å². The fourth-order valence-electron chi connectivity index (χ4n) is 3.45. The summed E-state index contributed by atoms with van der Waals surface area (Å²) >= 11 is 1.94. The maximum Gasteiger partial charge on any atom is 0.00871 e. The minimum Gasteiger partial charge on any atom is -0.314 e. The lowest BCUT2D eigenvalue weighted by Crippen LogP contribution is -2.33. The smallest absolute Gasteiger partial charge is 0.00871 e. The number of nitrogens with one attached hydrogen (secondary N) is 1. The highest BCUT2D eigenvalue weighted by molar-refractivity contribution is 7.11. The molecule has 2 aliphatic carbocycles. The lowest BCUT2D eigenvalue weighted by molar-refractivity contribution is 0.389. The zero-order valence-electron chi connectivity index (χ0n) is 11.4. The summed E-state index contributed by atoms with van der Waals surface area (Å²) in [5.74, 6) is 2.67. The molecule has 98 valence electrons. The highest BCUT2D eigenvalue weighted by Crippen LogP contribution is 2.42. The number of aryl methyl sites for hydroxylation is 1. The number of rotatable bonds is 5. The lowest BCUT2D eigenvalue weighted by Gasteiger charge is -2.21. The molecule has 0 aliphatic heterocycles. The molecule has 1 saturated carbocycles. The van der Waals surface area contributed by atoms with Crippen LogP contribution in [0.25, 0.3) is 0 Å². The number of hydrogen-bond donors (Lipinski definition) is 1. The summed E-state index contributed by atoms with van der Waals surface area (Å²) in [6.07, 6.45) is 8.89. The summed E-state index contributed by atoms with van der Waals surface area (Å²) in [5, 5.41) is 3.74. The molecule has 0 amide bonds. The second-order valence-corrected chi connectivity index (χ2v) is 7.44. The summed E-state index contributed by atoms with van der Waals surface area (Å²) in [7, 11) is 0. The van der Waals surface area contributed by atoms with E-state index in [4.69, 9.17) is 0 Å². The van der Waals surface area contributed by atoms with Crippen molar-refractivity contribution >= 4 is 11.3 Å². The van der Waals surface area contributed by atoms with Gasteiger partial charge in [0.2, 0.25) is 0 Å². The van der Waals surface area contributed by atoms with Crippen LogP contribution >= 0.6 is 11.3 Å². The lowest BCUT2D eigenvalue weighted by atomic mass is 9.93. The largest absolute Gasteiger partial charge is 0.314 e. The van der Waals surface area contributed by atoms with Gasteiger partial charge in [-0.25, -0.2) is 0 Å². The number of thiophene rings is 1. The van der Waals surface area contributed by atoms with Gasteiger partial charge in [0.25, 0.3) is 0 Å². The number of fused-ring (bicyclic) bond motifs is 2. The van der Waals surface area contributed by atoms with Crippen molar-refractivity contribution in [1.29, 1.82) is 0 Å². The zero-order valence-corrected chi connectivity index (χ0v) is 12.2. The van der Waals surface area contributed by atoms with Crippen LogP contribution in [0.1, 0.15) is 29.5 Å². The predicted octanol–water partition coefficient (Wildman–Crippen LogP) is 3.79. The van der Waals surface area contributed by atoms with Crippen LogP contribution in [0.5, 0.6) is 0 Å². The molecule has 1 fully saturated rings.